The van der Waals surface area contributed by atoms with Crippen LogP contribution in [0.1, 0.15) is 13.3 Å². The van der Waals surface area contributed by atoms with Crippen molar-refractivity contribution in [1.82, 2.24) is 0 Å². The molecular weight excluding hydrogens is 115 g/mol. The van der Waals surface area contributed by atoms with E-state index in [1.165, 1.54) is 0 Å². The van der Waals surface area contributed by atoms with Crippen molar-refractivity contribution in [1.29, 1.82) is 0 Å². The highest BCUT2D eigenvalue weighted by Gasteiger charge is 2.22. The van der Waals surface area contributed by atoms with Crippen molar-refractivity contribution in [3.8, 4) is 0 Å². The summed E-state index contributed by atoms with van der Waals surface area (Å²) in [7, 11) is 5.22. The van der Waals surface area contributed by atoms with Gasteiger partial charge in [-0.25, -0.2) is 0 Å². The fraction of sp³-hybridized carbons (Fsp3) is 0.333. The van der Waals surface area contributed by atoms with E-state index in [0.717, 1.165) is 0 Å². The third kappa shape index (κ3) is 0.825. The summed E-state index contributed by atoms with van der Waals surface area (Å²) in [6, 6.07) is 0. The summed E-state index contributed by atoms with van der Waals surface area (Å²) in [5.74, 6) is -0.380. The van der Waals surface area contributed by atoms with Gasteiger partial charge in [0.2, 0.25) is 0 Å². The Morgan fingerprint density at radius 2 is 1.89 bits per heavy atom. The topological polar surface area (TPSA) is 34.1 Å². The minimum atomic E-state index is -0.238. The van der Waals surface area contributed by atoms with Crippen molar-refractivity contribution in [2.75, 3.05) is 0 Å². The summed E-state index contributed by atoms with van der Waals surface area (Å²) in [6.45, 7) is 1.57. The molecule has 44 valence electrons. The number of hydrogen-bond donors (Lipinski definition) is 0. The average Bonchev–Trinajstić information content (AvgIpc) is 1.98. The molecule has 9 heavy (non-hydrogen) atoms. The van der Waals surface area contributed by atoms with Crippen molar-refractivity contribution in [2.24, 2.45) is 0 Å². The van der Waals surface area contributed by atoms with Crippen molar-refractivity contribution in [2.45, 2.75) is 13.3 Å². The lowest BCUT2D eigenvalue weighted by Gasteiger charge is -1.85. The first-order chi connectivity index (χ1) is 4.13. The van der Waals surface area contributed by atoms with E-state index < -0.39 is 0 Å². The molecule has 0 saturated heterocycles. The predicted molar refractivity (Wildman–Crippen MR) is 33.1 cm³/mol. The van der Waals surface area contributed by atoms with Gasteiger partial charge in [0.1, 0.15) is 7.85 Å². The zero-order chi connectivity index (χ0) is 7.02. The summed E-state index contributed by atoms with van der Waals surface area (Å²) in [5, 5.41) is 0. The number of hydrogen-bond acceptors (Lipinski definition) is 2. The summed E-state index contributed by atoms with van der Waals surface area (Å²) in [5.41, 5.74) is 0.556. The van der Waals surface area contributed by atoms with E-state index in [1.54, 1.807) is 6.92 Å². The van der Waals surface area contributed by atoms with Gasteiger partial charge in [-0.3, -0.25) is 9.59 Å². The van der Waals surface area contributed by atoms with Crippen LogP contribution in [0, 0.1) is 0 Å². The second-order valence-corrected chi connectivity index (χ2v) is 2.06. The van der Waals surface area contributed by atoms with Gasteiger partial charge >= 0.3 is 0 Å². The van der Waals surface area contributed by atoms with Gasteiger partial charge < -0.3 is 0 Å². The molecule has 0 bridgehead atoms. The van der Waals surface area contributed by atoms with Crippen molar-refractivity contribution in [3.05, 3.63) is 11.0 Å². The average molecular weight is 120 g/mol. The third-order valence-electron chi connectivity index (χ3n) is 1.44. The van der Waals surface area contributed by atoms with Crippen molar-refractivity contribution in [3.63, 3.8) is 0 Å². The van der Waals surface area contributed by atoms with Crippen LogP contribution < -0.4 is 0 Å². The molecule has 0 aromatic rings. The standard InChI is InChI=1S/C6H5BO2/c1-3-4(8)2-5(9)6(3)7/h2H2,1H3. The molecule has 0 fully saturated rings. The molecule has 1 rings (SSSR count). The third-order valence-corrected chi connectivity index (χ3v) is 1.44. The fourth-order valence-electron chi connectivity index (χ4n) is 0.733. The van der Waals surface area contributed by atoms with E-state index in [4.69, 9.17) is 7.85 Å². The summed E-state index contributed by atoms with van der Waals surface area (Å²) in [6.07, 6.45) is -0.0301. The van der Waals surface area contributed by atoms with E-state index in [9.17, 15) is 9.59 Å². The number of Topliss-reactive ketones (excluding diaryl/α,β-unsaturated/α-hetero) is 2. The van der Waals surface area contributed by atoms with Crippen LogP contribution in [0.3, 0.4) is 0 Å². The monoisotopic (exact) mass is 120 g/mol. The second-order valence-electron chi connectivity index (χ2n) is 2.06. The number of ketones is 2. The summed E-state index contributed by atoms with van der Waals surface area (Å²) >= 11 is 0. The predicted octanol–water partition coefficient (Wildman–Crippen LogP) is -0.0292. The van der Waals surface area contributed by atoms with Gasteiger partial charge in [-0.15, -0.1) is 0 Å². The zero-order valence-electron chi connectivity index (χ0n) is 5.10. The first-order valence-electron chi connectivity index (χ1n) is 2.65. The Bertz CT molecular complexity index is 193. The summed E-state index contributed by atoms with van der Waals surface area (Å²) in [4.78, 5) is 21.2. The molecular formula is C6H5BO2. The van der Waals surface area contributed by atoms with Gasteiger partial charge in [0.15, 0.2) is 11.6 Å². The highest BCUT2D eigenvalue weighted by atomic mass is 16.2. The molecule has 0 heterocycles. The number of allylic oxidation sites excluding steroid dienone is 2. The van der Waals surface area contributed by atoms with E-state index in [2.05, 4.69) is 0 Å². The number of rotatable bonds is 0. The first-order valence-corrected chi connectivity index (χ1v) is 2.65. The quantitative estimate of drug-likeness (QED) is 0.332. The lowest BCUT2D eigenvalue weighted by Crippen LogP contribution is -1.96. The molecule has 3 heteroatoms. The maximum Gasteiger partial charge on any atom is 0.165 e. The Hall–Kier alpha value is -0.855. The van der Waals surface area contributed by atoms with Gasteiger partial charge in [0.25, 0.3) is 0 Å². The molecule has 0 amide bonds. The molecule has 0 unspecified atom stereocenters. The molecule has 0 aromatic carbocycles. The molecule has 0 N–H and O–H groups in total. The van der Waals surface area contributed by atoms with Gasteiger partial charge in [-0.05, 0) is 18.0 Å². The van der Waals surface area contributed by atoms with Crippen LogP contribution in [0.2, 0.25) is 0 Å². The maximum absolute atomic E-state index is 10.6. The van der Waals surface area contributed by atoms with Crippen LogP contribution in [0.5, 0.6) is 0 Å². The van der Waals surface area contributed by atoms with Crippen LogP contribution >= 0.6 is 0 Å². The lowest BCUT2D eigenvalue weighted by molar-refractivity contribution is -0.120. The fourth-order valence-corrected chi connectivity index (χ4v) is 0.733. The lowest BCUT2D eigenvalue weighted by atomic mass is 9.92. The van der Waals surface area contributed by atoms with E-state index in [1.807, 2.05) is 0 Å². The van der Waals surface area contributed by atoms with Gasteiger partial charge in [0.05, 0.1) is 6.42 Å². The molecule has 2 nitrogen and oxygen atoms in total. The molecule has 2 radical (unpaired) electrons. The van der Waals surface area contributed by atoms with Crippen LogP contribution in [0.25, 0.3) is 0 Å². The highest BCUT2D eigenvalue weighted by Crippen LogP contribution is 2.15. The number of carbonyl (C=O) groups is 2. The molecule has 0 aliphatic heterocycles. The molecule has 0 spiro atoms. The van der Waals surface area contributed by atoms with E-state index in [0.29, 0.717) is 5.57 Å². The maximum atomic E-state index is 10.6. The van der Waals surface area contributed by atoms with Crippen LogP contribution in [-0.2, 0) is 9.59 Å². The minimum Gasteiger partial charge on any atom is -0.295 e. The second kappa shape index (κ2) is 1.83. The Balaban J connectivity index is 3.06. The van der Waals surface area contributed by atoms with E-state index >= 15 is 0 Å². The largest absolute Gasteiger partial charge is 0.295 e. The normalized spacial score (nSPS) is 19.7. The van der Waals surface area contributed by atoms with Gasteiger partial charge in [-0.2, -0.15) is 0 Å². The van der Waals surface area contributed by atoms with Crippen molar-refractivity contribution >= 4 is 19.4 Å². The highest BCUT2D eigenvalue weighted by molar-refractivity contribution is 6.44. The summed E-state index contributed by atoms with van der Waals surface area (Å²) < 4.78 is 0. The Morgan fingerprint density at radius 1 is 1.33 bits per heavy atom. The molecule has 0 saturated carbocycles. The minimum absolute atomic E-state index is 0.0301. The Kier molecular flexibility index (Phi) is 1.27. The van der Waals surface area contributed by atoms with Crippen LogP contribution in [-0.4, -0.2) is 19.4 Å². The van der Waals surface area contributed by atoms with Crippen LogP contribution in [0.15, 0.2) is 11.0 Å². The molecule has 0 atom stereocenters. The number of carbonyl (C=O) groups excluding carboxylic acids is 2. The first kappa shape index (κ1) is 6.27. The Morgan fingerprint density at radius 3 is 2.00 bits per heavy atom. The van der Waals surface area contributed by atoms with Crippen LogP contribution in [0.4, 0.5) is 0 Å². The Labute approximate surface area is 54.3 Å². The van der Waals surface area contributed by atoms with E-state index in [-0.39, 0.29) is 23.5 Å². The van der Waals surface area contributed by atoms with Gasteiger partial charge in [0, 0.05) is 0 Å². The molecule has 1 aliphatic rings. The van der Waals surface area contributed by atoms with Gasteiger partial charge in [-0.1, -0.05) is 0 Å². The SMILES string of the molecule is [B]C1=C(C)C(=O)CC1=O. The molecule has 0 aromatic heterocycles. The zero-order valence-corrected chi connectivity index (χ0v) is 5.10. The molecule has 1 aliphatic carbocycles. The van der Waals surface area contributed by atoms with Crippen molar-refractivity contribution < 1.29 is 9.59 Å². The smallest absolute Gasteiger partial charge is 0.165 e.